The summed E-state index contributed by atoms with van der Waals surface area (Å²) in [5.41, 5.74) is 2.39. The summed E-state index contributed by atoms with van der Waals surface area (Å²) < 4.78 is 5.31. The fraction of sp³-hybridized carbons (Fsp3) is 0.333. The van der Waals surface area contributed by atoms with E-state index in [0.717, 1.165) is 42.1 Å². The van der Waals surface area contributed by atoms with Gasteiger partial charge in [-0.3, -0.25) is 9.59 Å². The third kappa shape index (κ3) is 3.17. The van der Waals surface area contributed by atoms with Gasteiger partial charge >= 0.3 is 0 Å². The average molecular weight is 350 g/mol. The minimum atomic E-state index is -0.148. The van der Waals surface area contributed by atoms with E-state index in [1.807, 2.05) is 31.2 Å². The zero-order valence-corrected chi connectivity index (χ0v) is 14.8. The van der Waals surface area contributed by atoms with Crippen LogP contribution in [0.1, 0.15) is 47.4 Å². The molecule has 5 nitrogen and oxygen atoms in total. The first-order valence-electron chi connectivity index (χ1n) is 9.09. The van der Waals surface area contributed by atoms with E-state index in [-0.39, 0.29) is 17.5 Å². The monoisotopic (exact) mass is 350 g/mol. The van der Waals surface area contributed by atoms with Gasteiger partial charge in [0.25, 0.3) is 11.5 Å². The lowest BCUT2D eigenvalue weighted by Gasteiger charge is -2.28. The van der Waals surface area contributed by atoms with Crippen LogP contribution >= 0.6 is 0 Å². The molecule has 1 aliphatic rings. The fourth-order valence-corrected chi connectivity index (χ4v) is 3.79. The molecule has 1 aliphatic carbocycles. The Hall–Kier alpha value is -2.82. The number of fused-ring (bicyclic) bond motifs is 1. The smallest absolute Gasteiger partial charge is 0.290 e. The predicted octanol–water partition coefficient (Wildman–Crippen LogP) is 4.01. The van der Waals surface area contributed by atoms with E-state index in [1.165, 1.54) is 6.26 Å². The van der Waals surface area contributed by atoms with Crippen LogP contribution in [0.15, 0.2) is 51.9 Å². The molecular weight excluding hydrogens is 328 g/mol. The Kier molecular flexibility index (Phi) is 4.37. The van der Waals surface area contributed by atoms with Crippen molar-refractivity contribution < 1.29 is 9.21 Å². The molecule has 0 bridgehead atoms. The van der Waals surface area contributed by atoms with E-state index >= 15 is 0 Å². The summed E-state index contributed by atoms with van der Waals surface area (Å²) in [6.45, 7) is 2.29. The zero-order valence-electron chi connectivity index (χ0n) is 14.8. The van der Waals surface area contributed by atoms with Gasteiger partial charge in [-0.15, -0.1) is 0 Å². The van der Waals surface area contributed by atoms with Crippen LogP contribution in [0.5, 0.6) is 0 Å². The van der Waals surface area contributed by atoms with E-state index in [1.54, 1.807) is 17.0 Å². The maximum absolute atomic E-state index is 12.9. The van der Waals surface area contributed by atoms with Crippen molar-refractivity contribution in [1.29, 1.82) is 0 Å². The zero-order chi connectivity index (χ0) is 18.1. The molecule has 1 aromatic carbocycles. The number of nitrogens with one attached hydrogen (secondary N) is 1. The first-order valence-corrected chi connectivity index (χ1v) is 9.09. The first-order chi connectivity index (χ1) is 12.6. The molecular formula is C21H22N2O3. The summed E-state index contributed by atoms with van der Waals surface area (Å²) in [7, 11) is 0. The lowest BCUT2D eigenvalue weighted by atomic mass is 10.1. The Morgan fingerprint density at radius 2 is 2.04 bits per heavy atom. The summed E-state index contributed by atoms with van der Waals surface area (Å²) in [6.07, 6.45) is 5.67. The van der Waals surface area contributed by atoms with Gasteiger partial charge in [0.05, 0.1) is 12.8 Å². The number of hydrogen-bond donors (Lipinski definition) is 1. The van der Waals surface area contributed by atoms with Gasteiger partial charge in [0.15, 0.2) is 5.76 Å². The molecule has 26 heavy (non-hydrogen) atoms. The summed E-state index contributed by atoms with van der Waals surface area (Å²) >= 11 is 0. The van der Waals surface area contributed by atoms with Crippen molar-refractivity contribution in [1.82, 2.24) is 9.88 Å². The van der Waals surface area contributed by atoms with Gasteiger partial charge in [-0.2, -0.15) is 0 Å². The minimum Gasteiger partial charge on any atom is -0.459 e. The molecule has 134 valence electrons. The van der Waals surface area contributed by atoms with Crippen molar-refractivity contribution in [3.63, 3.8) is 0 Å². The fourth-order valence-electron chi connectivity index (χ4n) is 3.79. The normalized spacial score (nSPS) is 14.8. The number of aryl methyl sites for hydroxylation is 1. The lowest BCUT2D eigenvalue weighted by Crippen LogP contribution is -2.39. The standard InChI is InChI=1S/C21H22N2O3/c1-14-8-9-15-12-16(20(24)22-18(15)11-14)13-23(17-5-2-3-6-17)21(25)19-7-4-10-26-19/h4,7-12,17H,2-3,5-6,13H2,1H3,(H,22,24). The van der Waals surface area contributed by atoms with Crippen molar-refractivity contribution >= 4 is 16.8 Å². The third-order valence-electron chi connectivity index (χ3n) is 5.18. The summed E-state index contributed by atoms with van der Waals surface area (Å²) in [5.74, 6) is 0.176. The van der Waals surface area contributed by atoms with Gasteiger partial charge in [-0.05, 0) is 55.0 Å². The van der Waals surface area contributed by atoms with Gasteiger partial charge in [0.2, 0.25) is 0 Å². The largest absolute Gasteiger partial charge is 0.459 e. The first kappa shape index (κ1) is 16.6. The number of carbonyl (C=O) groups excluding carboxylic acids is 1. The second-order valence-electron chi connectivity index (χ2n) is 7.06. The number of furan rings is 1. The molecule has 0 radical (unpaired) electrons. The van der Waals surface area contributed by atoms with E-state index < -0.39 is 0 Å². The number of H-pyrrole nitrogens is 1. The van der Waals surface area contributed by atoms with E-state index in [9.17, 15) is 9.59 Å². The minimum absolute atomic E-state index is 0.140. The van der Waals surface area contributed by atoms with Crippen LogP contribution in [0.2, 0.25) is 0 Å². The van der Waals surface area contributed by atoms with Gasteiger partial charge in [0, 0.05) is 17.1 Å². The number of amides is 1. The Bertz CT molecular complexity index is 982. The highest BCUT2D eigenvalue weighted by Crippen LogP contribution is 2.26. The van der Waals surface area contributed by atoms with Crippen molar-refractivity contribution in [2.24, 2.45) is 0 Å². The number of aromatic amines is 1. The number of aromatic nitrogens is 1. The number of nitrogens with zero attached hydrogens (tertiary/aromatic N) is 1. The van der Waals surface area contributed by atoms with Crippen LogP contribution in [0.3, 0.4) is 0 Å². The number of carbonyl (C=O) groups is 1. The molecule has 0 atom stereocenters. The predicted molar refractivity (Wildman–Crippen MR) is 100 cm³/mol. The molecule has 0 spiro atoms. The van der Waals surface area contributed by atoms with Gasteiger partial charge < -0.3 is 14.3 Å². The average Bonchev–Trinajstić information content (AvgIpc) is 3.33. The lowest BCUT2D eigenvalue weighted by molar-refractivity contribution is 0.0631. The highest BCUT2D eigenvalue weighted by molar-refractivity contribution is 5.91. The third-order valence-corrected chi connectivity index (χ3v) is 5.18. The van der Waals surface area contributed by atoms with Crippen molar-refractivity contribution in [3.05, 3.63) is 69.9 Å². The Morgan fingerprint density at radius 1 is 1.23 bits per heavy atom. The second kappa shape index (κ2) is 6.83. The van der Waals surface area contributed by atoms with E-state index in [4.69, 9.17) is 4.42 Å². The van der Waals surface area contributed by atoms with Crippen LogP contribution in [-0.2, 0) is 6.54 Å². The van der Waals surface area contributed by atoms with Gasteiger partial charge in [-0.1, -0.05) is 25.0 Å². The number of rotatable bonds is 4. The van der Waals surface area contributed by atoms with Gasteiger partial charge in [0.1, 0.15) is 0 Å². The van der Waals surface area contributed by atoms with Gasteiger partial charge in [-0.25, -0.2) is 0 Å². The molecule has 2 heterocycles. The SMILES string of the molecule is Cc1ccc2cc(CN(C(=O)c3ccco3)C3CCCC3)c(=O)[nH]c2c1. The van der Waals surface area contributed by atoms with Crippen molar-refractivity contribution in [3.8, 4) is 0 Å². The molecule has 4 rings (SSSR count). The molecule has 5 heteroatoms. The Morgan fingerprint density at radius 3 is 2.77 bits per heavy atom. The topological polar surface area (TPSA) is 66.3 Å². The highest BCUT2D eigenvalue weighted by Gasteiger charge is 2.29. The molecule has 1 amide bonds. The van der Waals surface area contributed by atoms with E-state index in [0.29, 0.717) is 17.9 Å². The number of hydrogen-bond acceptors (Lipinski definition) is 3. The van der Waals surface area contributed by atoms with Crippen molar-refractivity contribution in [2.45, 2.75) is 45.2 Å². The maximum atomic E-state index is 12.9. The molecule has 2 aromatic heterocycles. The molecule has 3 aromatic rings. The highest BCUT2D eigenvalue weighted by atomic mass is 16.3. The van der Waals surface area contributed by atoms with Crippen LogP contribution < -0.4 is 5.56 Å². The Labute approximate surface area is 151 Å². The molecule has 0 aliphatic heterocycles. The second-order valence-corrected chi connectivity index (χ2v) is 7.06. The van der Waals surface area contributed by atoms with Crippen LogP contribution in [0.4, 0.5) is 0 Å². The summed E-state index contributed by atoms with van der Waals surface area (Å²) in [4.78, 5) is 30.3. The maximum Gasteiger partial charge on any atom is 0.290 e. The summed E-state index contributed by atoms with van der Waals surface area (Å²) in [6, 6.07) is 11.4. The molecule has 1 saturated carbocycles. The Balaban J connectivity index is 1.70. The van der Waals surface area contributed by atoms with E-state index in [2.05, 4.69) is 4.98 Å². The number of benzene rings is 1. The van der Waals surface area contributed by atoms with Crippen LogP contribution in [-0.4, -0.2) is 21.8 Å². The molecule has 1 N–H and O–H groups in total. The quantitative estimate of drug-likeness (QED) is 0.773. The molecule has 1 fully saturated rings. The molecule has 0 unspecified atom stereocenters. The summed E-state index contributed by atoms with van der Waals surface area (Å²) in [5, 5.41) is 0.974. The number of pyridine rings is 1. The van der Waals surface area contributed by atoms with Crippen LogP contribution in [0.25, 0.3) is 10.9 Å². The van der Waals surface area contributed by atoms with Crippen LogP contribution in [0, 0.1) is 6.92 Å². The molecule has 0 saturated heterocycles. The van der Waals surface area contributed by atoms with Crippen molar-refractivity contribution in [2.75, 3.05) is 0 Å².